The highest BCUT2D eigenvalue weighted by atomic mass is 32.2. The van der Waals surface area contributed by atoms with E-state index in [0.29, 0.717) is 12.1 Å². The molecule has 2 aromatic carbocycles. The maximum atomic E-state index is 12.9. The summed E-state index contributed by atoms with van der Waals surface area (Å²) in [5.41, 5.74) is -0.725. The smallest absolute Gasteiger partial charge is 0.369 e. The molecule has 6 nitrogen and oxygen atoms in total. The third-order valence-electron chi connectivity index (χ3n) is 4.65. The number of hydrogen-bond donors (Lipinski definition) is 3. The Morgan fingerprint density at radius 2 is 1.44 bits per heavy atom. The second kappa shape index (κ2) is 8.71. The molecule has 0 spiro atoms. The van der Waals surface area contributed by atoms with Crippen LogP contribution in [0.5, 0.6) is 0 Å². The lowest BCUT2D eigenvalue weighted by atomic mass is 9.92. The van der Waals surface area contributed by atoms with Gasteiger partial charge in [0.05, 0.1) is 10.6 Å². The number of carbonyl (C=O) groups is 1. The lowest BCUT2D eigenvalue weighted by Crippen LogP contribution is -2.53. The fourth-order valence-corrected chi connectivity index (χ4v) is 3.59. The van der Waals surface area contributed by atoms with Crippen LogP contribution in [-0.2, 0) is 20.2 Å². The molecule has 0 aliphatic heterocycles. The van der Waals surface area contributed by atoms with Crippen molar-refractivity contribution in [3.05, 3.63) is 59.7 Å². The van der Waals surface area contributed by atoms with E-state index < -0.39 is 45.3 Å². The van der Waals surface area contributed by atoms with E-state index in [0.717, 1.165) is 12.1 Å². The van der Waals surface area contributed by atoms with E-state index in [-0.39, 0.29) is 21.9 Å². The Hall–Kier alpha value is -2.64. The molecule has 4 N–H and O–H groups in total. The third kappa shape index (κ3) is 4.89. The number of sulfone groups is 1. The van der Waals surface area contributed by atoms with Gasteiger partial charge < -0.3 is 16.2 Å². The first-order valence-corrected chi connectivity index (χ1v) is 10.6. The number of benzene rings is 2. The monoisotopic (exact) mass is 484 g/mol. The summed E-state index contributed by atoms with van der Waals surface area (Å²) in [6.07, 6.45) is -12.1. The van der Waals surface area contributed by atoms with Crippen molar-refractivity contribution in [2.24, 2.45) is 5.73 Å². The van der Waals surface area contributed by atoms with Gasteiger partial charge in [0.15, 0.2) is 9.84 Å². The summed E-state index contributed by atoms with van der Waals surface area (Å²) >= 11 is 0. The Kier molecular flexibility index (Phi) is 6.98. The molecule has 0 aliphatic rings. The molecule has 32 heavy (non-hydrogen) atoms. The van der Waals surface area contributed by atoms with Crippen molar-refractivity contribution >= 4 is 21.4 Å². The van der Waals surface area contributed by atoms with E-state index in [1.54, 1.807) is 0 Å². The average Bonchev–Trinajstić information content (AvgIpc) is 2.71. The van der Waals surface area contributed by atoms with E-state index in [1.165, 1.54) is 31.2 Å². The number of rotatable bonds is 6. The molecule has 0 heterocycles. The number of aliphatic hydroxyl groups is 1. The highest BCUT2D eigenvalue weighted by Crippen LogP contribution is 2.50. The SMILES string of the molecule is CCS(=O)(=O)c1ccc(C(N)C(=O)Nc2ccc(C(O)(C(F)(F)F)C(F)(F)F)cc2)cc1. The number of carbonyl (C=O) groups excluding carboxylic acids is 1. The molecule has 176 valence electrons. The van der Waals surface area contributed by atoms with Crippen molar-refractivity contribution in [1.29, 1.82) is 0 Å². The van der Waals surface area contributed by atoms with Crippen molar-refractivity contribution in [3.63, 3.8) is 0 Å². The van der Waals surface area contributed by atoms with Gasteiger partial charge >= 0.3 is 12.4 Å². The Morgan fingerprint density at radius 3 is 1.84 bits per heavy atom. The molecule has 0 bridgehead atoms. The number of alkyl halides is 6. The van der Waals surface area contributed by atoms with Crippen molar-refractivity contribution in [2.45, 2.75) is 35.8 Å². The van der Waals surface area contributed by atoms with E-state index in [9.17, 15) is 44.7 Å². The summed E-state index contributed by atoms with van der Waals surface area (Å²) in [7, 11) is -3.47. The van der Waals surface area contributed by atoms with Gasteiger partial charge in [-0.2, -0.15) is 26.3 Å². The predicted octanol–water partition coefficient (Wildman–Crippen LogP) is 3.43. The maximum absolute atomic E-state index is 12.9. The molecule has 2 rings (SSSR count). The zero-order valence-electron chi connectivity index (χ0n) is 16.3. The number of amides is 1. The zero-order chi connectivity index (χ0) is 24.5. The number of hydrogen-bond acceptors (Lipinski definition) is 5. The van der Waals surface area contributed by atoms with Crippen LogP contribution in [0, 0.1) is 0 Å². The standard InChI is InChI=1S/C19H18F6N2O4S/c1-2-32(30,31)14-9-3-11(4-10-14)15(26)16(28)27-13-7-5-12(6-8-13)17(29,18(20,21)22)19(23,24)25/h3-10,15,29H,2,26H2,1H3,(H,27,28). The summed E-state index contributed by atoms with van der Waals surface area (Å²) in [6.45, 7) is 1.46. The molecule has 2 aromatic rings. The molecule has 0 saturated heterocycles. The third-order valence-corrected chi connectivity index (χ3v) is 6.40. The van der Waals surface area contributed by atoms with Gasteiger partial charge in [0, 0.05) is 11.3 Å². The van der Waals surface area contributed by atoms with E-state index in [1.807, 2.05) is 0 Å². The van der Waals surface area contributed by atoms with Crippen LogP contribution in [-0.4, -0.2) is 37.5 Å². The molecule has 0 radical (unpaired) electrons. The fraction of sp³-hybridized carbons (Fsp3) is 0.316. The van der Waals surface area contributed by atoms with Gasteiger partial charge in [-0.3, -0.25) is 4.79 Å². The highest BCUT2D eigenvalue weighted by Gasteiger charge is 2.71. The van der Waals surface area contributed by atoms with Crippen LogP contribution in [0.1, 0.15) is 24.1 Å². The minimum absolute atomic E-state index is 0.0220. The largest absolute Gasteiger partial charge is 0.430 e. The van der Waals surface area contributed by atoms with E-state index >= 15 is 0 Å². The lowest BCUT2D eigenvalue weighted by molar-refractivity contribution is -0.376. The van der Waals surface area contributed by atoms with Gasteiger partial charge in [-0.1, -0.05) is 31.2 Å². The Balaban J connectivity index is 2.21. The van der Waals surface area contributed by atoms with Crippen LogP contribution < -0.4 is 11.1 Å². The van der Waals surface area contributed by atoms with Gasteiger partial charge in [0.25, 0.3) is 5.60 Å². The Bertz CT molecular complexity index is 1050. The Labute approximate surface area is 179 Å². The fourth-order valence-electron chi connectivity index (χ4n) is 2.70. The average molecular weight is 484 g/mol. The second-order valence-electron chi connectivity index (χ2n) is 6.72. The van der Waals surface area contributed by atoms with Gasteiger partial charge in [-0.05, 0) is 29.8 Å². The topological polar surface area (TPSA) is 109 Å². The summed E-state index contributed by atoms with van der Waals surface area (Å²) in [6, 6.07) is 6.08. The van der Waals surface area contributed by atoms with E-state index in [4.69, 9.17) is 5.73 Å². The number of anilines is 1. The molecule has 0 aromatic heterocycles. The molecule has 0 saturated carbocycles. The summed E-state index contributed by atoms with van der Waals surface area (Å²) < 4.78 is 101. The molecule has 1 atom stereocenters. The number of halogens is 6. The van der Waals surface area contributed by atoms with Crippen molar-refractivity contribution in [1.82, 2.24) is 0 Å². The van der Waals surface area contributed by atoms with Crippen LogP contribution in [0.2, 0.25) is 0 Å². The van der Waals surface area contributed by atoms with Crippen molar-refractivity contribution < 1.29 is 44.7 Å². The minimum atomic E-state index is -6.03. The Morgan fingerprint density at radius 1 is 0.969 bits per heavy atom. The second-order valence-corrected chi connectivity index (χ2v) is 9.00. The van der Waals surface area contributed by atoms with Crippen LogP contribution in [0.25, 0.3) is 0 Å². The molecule has 1 amide bonds. The maximum Gasteiger partial charge on any atom is 0.430 e. The molecule has 1 unspecified atom stereocenters. The van der Waals surface area contributed by atoms with Crippen LogP contribution in [0.4, 0.5) is 32.0 Å². The zero-order valence-corrected chi connectivity index (χ0v) is 17.1. The van der Waals surface area contributed by atoms with Crippen molar-refractivity contribution in [3.8, 4) is 0 Å². The predicted molar refractivity (Wildman–Crippen MR) is 102 cm³/mol. The molecular formula is C19H18F6N2O4S. The van der Waals surface area contributed by atoms with Gasteiger partial charge in [-0.25, -0.2) is 8.42 Å². The highest BCUT2D eigenvalue weighted by molar-refractivity contribution is 7.91. The molecule has 0 fully saturated rings. The van der Waals surface area contributed by atoms with Gasteiger partial charge in [0.2, 0.25) is 5.91 Å². The van der Waals surface area contributed by atoms with Crippen LogP contribution in [0.15, 0.2) is 53.4 Å². The first-order chi connectivity index (χ1) is 14.5. The van der Waals surface area contributed by atoms with E-state index in [2.05, 4.69) is 5.32 Å². The first-order valence-electron chi connectivity index (χ1n) is 8.90. The lowest BCUT2D eigenvalue weighted by Gasteiger charge is -2.32. The molecule has 0 aliphatic carbocycles. The summed E-state index contributed by atoms with van der Waals surface area (Å²) in [5, 5.41) is 11.6. The summed E-state index contributed by atoms with van der Waals surface area (Å²) in [4.78, 5) is 12.3. The quantitative estimate of drug-likeness (QED) is 0.545. The number of nitrogens with two attached hydrogens (primary N) is 1. The molecule has 13 heteroatoms. The first kappa shape index (κ1) is 25.6. The van der Waals surface area contributed by atoms with Gasteiger partial charge in [0.1, 0.15) is 6.04 Å². The van der Waals surface area contributed by atoms with Gasteiger partial charge in [-0.15, -0.1) is 0 Å². The van der Waals surface area contributed by atoms with Crippen LogP contribution in [0.3, 0.4) is 0 Å². The molecular weight excluding hydrogens is 466 g/mol. The van der Waals surface area contributed by atoms with Crippen molar-refractivity contribution in [2.75, 3.05) is 11.1 Å². The summed E-state index contributed by atoms with van der Waals surface area (Å²) in [5.74, 6) is -0.988. The number of nitrogens with one attached hydrogen (secondary N) is 1. The minimum Gasteiger partial charge on any atom is -0.369 e. The normalized spacial score (nSPS) is 14.2. The van der Waals surface area contributed by atoms with Crippen LogP contribution >= 0.6 is 0 Å².